The molecule has 2 aliphatic rings. The summed E-state index contributed by atoms with van der Waals surface area (Å²) < 4.78 is 10.7. The highest BCUT2D eigenvalue weighted by Gasteiger charge is 2.31. The van der Waals surface area contributed by atoms with Crippen molar-refractivity contribution in [2.45, 2.75) is 32.4 Å². The second-order valence-corrected chi connectivity index (χ2v) is 5.56. The van der Waals surface area contributed by atoms with Gasteiger partial charge in [0.25, 0.3) is 5.91 Å². The summed E-state index contributed by atoms with van der Waals surface area (Å²) in [6.45, 7) is 6.42. The molecule has 1 unspecified atom stereocenters. The minimum Gasteiger partial charge on any atom is -0.366 e. The lowest BCUT2D eigenvalue weighted by molar-refractivity contribution is -0.148. The van der Waals surface area contributed by atoms with Crippen LogP contribution in [0.3, 0.4) is 0 Å². The molecule has 0 aliphatic carbocycles. The van der Waals surface area contributed by atoms with Crippen LogP contribution in [-0.4, -0.2) is 59.8 Å². The molecular weight excluding hydrogens is 258 g/mol. The molecule has 2 saturated heterocycles. The standard InChI is InChI=1S/C14H21N3O3/c1-11-8-12(15-20-11)9-16-6-7-19-13(10-16)14(18)17-4-2-3-5-17/h8,13H,2-7,9-10H2,1H3. The summed E-state index contributed by atoms with van der Waals surface area (Å²) in [7, 11) is 0. The fourth-order valence-corrected chi connectivity index (χ4v) is 2.86. The van der Waals surface area contributed by atoms with E-state index in [1.54, 1.807) is 0 Å². The Balaban J connectivity index is 1.57. The van der Waals surface area contributed by atoms with Gasteiger partial charge in [-0.2, -0.15) is 0 Å². The van der Waals surface area contributed by atoms with Crippen molar-refractivity contribution in [2.24, 2.45) is 0 Å². The second kappa shape index (κ2) is 5.93. The Morgan fingerprint density at radius 2 is 2.20 bits per heavy atom. The molecule has 0 spiro atoms. The van der Waals surface area contributed by atoms with Gasteiger partial charge < -0.3 is 14.2 Å². The van der Waals surface area contributed by atoms with Crippen LogP contribution in [0.15, 0.2) is 10.6 Å². The monoisotopic (exact) mass is 279 g/mol. The Labute approximate surface area is 118 Å². The molecule has 0 saturated carbocycles. The van der Waals surface area contributed by atoms with Crippen molar-refractivity contribution >= 4 is 5.91 Å². The van der Waals surface area contributed by atoms with Gasteiger partial charge in [0.15, 0.2) is 0 Å². The van der Waals surface area contributed by atoms with E-state index in [-0.39, 0.29) is 12.0 Å². The van der Waals surface area contributed by atoms with Crippen LogP contribution in [-0.2, 0) is 16.1 Å². The van der Waals surface area contributed by atoms with Gasteiger partial charge in [-0.1, -0.05) is 5.16 Å². The van der Waals surface area contributed by atoms with Crippen molar-refractivity contribution in [2.75, 3.05) is 32.8 Å². The molecule has 6 nitrogen and oxygen atoms in total. The number of likely N-dealkylation sites (tertiary alicyclic amines) is 1. The molecule has 20 heavy (non-hydrogen) atoms. The summed E-state index contributed by atoms with van der Waals surface area (Å²) in [5.74, 6) is 0.960. The van der Waals surface area contributed by atoms with Crippen LogP contribution in [0.4, 0.5) is 0 Å². The van der Waals surface area contributed by atoms with Crippen LogP contribution >= 0.6 is 0 Å². The number of amides is 1. The number of morpholine rings is 1. The van der Waals surface area contributed by atoms with Gasteiger partial charge in [0.2, 0.25) is 0 Å². The number of hydrogen-bond acceptors (Lipinski definition) is 5. The number of hydrogen-bond donors (Lipinski definition) is 0. The fraction of sp³-hybridized carbons (Fsp3) is 0.714. The maximum absolute atomic E-state index is 12.3. The highest BCUT2D eigenvalue weighted by Crippen LogP contribution is 2.15. The molecular formula is C14H21N3O3. The lowest BCUT2D eigenvalue weighted by Gasteiger charge is -2.33. The number of carbonyl (C=O) groups excluding carboxylic acids is 1. The molecule has 110 valence electrons. The van der Waals surface area contributed by atoms with E-state index in [4.69, 9.17) is 9.26 Å². The minimum atomic E-state index is -0.324. The van der Waals surface area contributed by atoms with E-state index in [1.165, 1.54) is 0 Å². The number of carbonyl (C=O) groups is 1. The van der Waals surface area contributed by atoms with E-state index in [0.717, 1.165) is 43.9 Å². The molecule has 0 aromatic carbocycles. The van der Waals surface area contributed by atoms with Crippen LogP contribution in [0, 0.1) is 6.92 Å². The van der Waals surface area contributed by atoms with Gasteiger partial charge in [0.1, 0.15) is 11.9 Å². The van der Waals surface area contributed by atoms with Gasteiger partial charge in [0, 0.05) is 38.8 Å². The zero-order valence-electron chi connectivity index (χ0n) is 11.9. The highest BCUT2D eigenvalue weighted by molar-refractivity contribution is 5.81. The van der Waals surface area contributed by atoms with E-state index < -0.39 is 0 Å². The van der Waals surface area contributed by atoms with E-state index in [0.29, 0.717) is 19.7 Å². The molecule has 3 rings (SSSR count). The normalized spacial score (nSPS) is 24.2. The maximum Gasteiger partial charge on any atom is 0.253 e. The molecule has 1 amide bonds. The summed E-state index contributed by atoms with van der Waals surface area (Å²) in [6.07, 6.45) is 1.90. The molecule has 0 radical (unpaired) electrons. The minimum absolute atomic E-state index is 0.142. The number of aryl methyl sites for hydroxylation is 1. The van der Waals surface area contributed by atoms with Gasteiger partial charge in [-0.15, -0.1) is 0 Å². The molecule has 0 bridgehead atoms. The fourth-order valence-electron chi connectivity index (χ4n) is 2.86. The predicted molar refractivity (Wildman–Crippen MR) is 72.1 cm³/mol. The molecule has 2 aliphatic heterocycles. The summed E-state index contributed by atoms with van der Waals surface area (Å²) in [6, 6.07) is 1.94. The average Bonchev–Trinajstić information content (AvgIpc) is 3.10. The van der Waals surface area contributed by atoms with E-state index >= 15 is 0 Å². The van der Waals surface area contributed by atoms with Gasteiger partial charge in [-0.05, 0) is 19.8 Å². The molecule has 6 heteroatoms. The third-order valence-electron chi connectivity index (χ3n) is 3.91. The number of rotatable bonds is 3. The predicted octanol–water partition coefficient (Wildman–Crippen LogP) is 0.806. The SMILES string of the molecule is Cc1cc(CN2CCOC(C(=O)N3CCCC3)C2)no1. The molecule has 0 N–H and O–H groups in total. The quantitative estimate of drug-likeness (QED) is 0.819. The molecule has 3 heterocycles. The van der Waals surface area contributed by atoms with Crippen molar-refractivity contribution in [3.05, 3.63) is 17.5 Å². The van der Waals surface area contributed by atoms with Gasteiger partial charge in [-0.3, -0.25) is 9.69 Å². The van der Waals surface area contributed by atoms with E-state index in [9.17, 15) is 4.79 Å². The zero-order valence-corrected chi connectivity index (χ0v) is 11.9. The Hall–Kier alpha value is -1.40. The Morgan fingerprint density at radius 1 is 1.40 bits per heavy atom. The third kappa shape index (κ3) is 3.02. The lowest BCUT2D eigenvalue weighted by atomic mass is 10.2. The summed E-state index contributed by atoms with van der Waals surface area (Å²) in [4.78, 5) is 16.5. The number of nitrogens with zero attached hydrogens (tertiary/aromatic N) is 3. The van der Waals surface area contributed by atoms with Crippen molar-refractivity contribution in [3.8, 4) is 0 Å². The van der Waals surface area contributed by atoms with Crippen molar-refractivity contribution in [1.82, 2.24) is 15.0 Å². The largest absolute Gasteiger partial charge is 0.366 e. The van der Waals surface area contributed by atoms with Crippen LogP contribution in [0.1, 0.15) is 24.3 Å². The highest BCUT2D eigenvalue weighted by atomic mass is 16.5. The lowest BCUT2D eigenvalue weighted by Crippen LogP contribution is -2.50. The topological polar surface area (TPSA) is 58.8 Å². The second-order valence-electron chi connectivity index (χ2n) is 5.56. The molecule has 1 atom stereocenters. The summed E-state index contributed by atoms with van der Waals surface area (Å²) in [5.41, 5.74) is 0.914. The maximum atomic E-state index is 12.3. The van der Waals surface area contributed by atoms with Gasteiger partial charge in [0.05, 0.1) is 12.3 Å². The van der Waals surface area contributed by atoms with Crippen molar-refractivity contribution < 1.29 is 14.1 Å². The first-order valence-corrected chi connectivity index (χ1v) is 7.27. The van der Waals surface area contributed by atoms with E-state index in [1.807, 2.05) is 17.9 Å². The first kappa shape index (κ1) is 13.6. The Morgan fingerprint density at radius 3 is 2.90 bits per heavy atom. The van der Waals surface area contributed by atoms with Gasteiger partial charge >= 0.3 is 0 Å². The zero-order chi connectivity index (χ0) is 13.9. The van der Waals surface area contributed by atoms with Gasteiger partial charge in [-0.25, -0.2) is 0 Å². The molecule has 2 fully saturated rings. The molecule has 1 aromatic rings. The number of ether oxygens (including phenoxy) is 1. The molecule has 1 aromatic heterocycles. The van der Waals surface area contributed by atoms with Crippen LogP contribution in [0.25, 0.3) is 0 Å². The van der Waals surface area contributed by atoms with Crippen molar-refractivity contribution in [1.29, 1.82) is 0 Å². The smallest absolute Gasteiger partial charge is 0.253 e. The third-order valence-corrected chi connectivity index (χ3v) is 3.91. The van der Waals surface area contributed by atoms with Crippen LogP contribution in [0.2, 0.25) is 0 Å². The first-order valence-electron chi connectivity index (χ1n) is 7.27. The summed E-state index contributed by atoms with van der Waals surface area (Å²) in [5, 5.41) is 4.00. The van der Waals surface area contributed by atoms with Crippen LogP contribution < -0.4 is 0 Å². The average molecular weight is 279 g/mol. The first-order chi connectivity index (χ1) is 9.72. The van der Waals surface area contributed by atoms with Crippen LogP contribution in [0.5, 0.6) is 0 Å². The number of aromatic nitrogens is 1. The van der Waals surface area contributed by atoms with Crippen molar-refractivity contribution in [3.63, 3.8) is 0 Å². The van der Waals surface area contributed by atoms with E-state index in [2.05, 4.69) is 10.1 Å². The summed E-state index contributed by atoms with van der Waals surface area (Å²) >= 11 is 0. The Kier molecular flexibility index (Phi) is 4.03. The Bertz CT molecular complexity index is 468.